The zero-order chi connectivity index (χ0) is 82.3. The molecule has 0 atom stereocenters. The highest BCUT2D eigenvalue weighted by Crippen LogP contribution is 2.55. The Morgan fingerprint density at radius 1 is 0.421 bits per heavy atom. The Hall–Kier alpha value is -11.8. The van der Waals surface area contributed by atoms with Gasteiger partial charge in [0.1, 0.15) is 33.8 Å². The molecule has 0 unspecified atom stereocenters. The van der Waals surface area contributed by atoms with Gasteiger partial charge in [0.25, 0.3) is 0 Å². The van der Waals surface area contributed by atoms with Gasteiger partial charge in [0.05, 0.1) is 44.3 Å². The number of aryl methyl sites for hydroxylation is 3. The van der Waals surface area contributed by atoms with Crippen molar-refractivity contribution in [1.82, 2.24) is 15.0 Å². The minimum absolute atomic E-state index is 0.0430. The van der Waals surface area contributed by atoms with Gasteiger partial charge in [-0.05, 0) is 229 Å². The lowest BCUT2D eigenvalue weighted by Gasteiger charge is -2.19. The molecule has 15 rings (SSSR count). The fourth-order valence-corrected chi connectivity index (χ4v) is 13.0. The lowest BCUT2D eigenvalue weighted by atomic mass is 9.80. The number of esters is 2. The number of alkyl halides is 6. The molecule has 6 heterocycles. The van der Waals surface area contributed by atoms with Crippen molar-refractivity contribution in [2.24, 2.45) is 0 Å². The molecule has 3 aromatic heterocycles. The third kappa shape index (κ3) is 18.8. The highest BCUT2D eigenvalue weighted by molar-refractivity contribution is 6.58. The number of pyridine rings is 3. The first-order chi connectivity index (χ1) is 53.7. The predicted molar refractivity (Wildman–Crippen MR) is 407 cm³/mol. The second-order valence-corrected chi connectivity index (χ2v) is 30.0. The molecule has 9 aromatic rings. The summed E-state index contributed by atoms with van der Waals surface area (Å²) in [7, 11) is -1.52. The van der Waals surface area contributed by atoms with E-state index in [1.54, 1.807) is 93.6 Å². The number of benzene rings is 6. The number of anilines is 3. The average Bonchev–Trinajstić information content (AvgIpc) is 1.60. The molecule has 6 aromatic carbocycles. The van der Waals surface area contributed by atoms with Crippen LogP contribution in [0.1, 0.15) is 165 Å². The van der Waals surface area contributed by atoms with Crippen LogP contribution in [0.4, 0.5) is 43.8 Å². The summed E-state index contributed by atoms with van der Waals surface area (Å²) in [6.45, 7) is 16.8. The molecule has 594 valence electrons. The van der Waals surface area contributed by atoms with E-state index in [4.69, 9.17) is 41.2 Å². The zero-order valence-electron chi connectivity index (χ0n) is 63.1. The highest BCUT2D eigenvalue weighted by atomic mass is 35.5. The summed E-state index contributed by atoms with van der Waals surface area (Å²) in [6, 6.07) is 43.3. The van der Waals surface area contributed by atoms with E-state index in [0.717, 1.165) is 40.7 Å². The van der Waals surface area contributed by atoms with Gasteiger partial charge in [0.2, 0.25) is 17.7 Å². The number of carbonyl (C=O) groups excluding carboxylic acids is 5. The van der Waals surface area contributed by atoms with E-state index >= 15 is 0 Å². The number of hydrogen-bond donors (Lipinski definition) is 6. The van der Waals surface area contributed by atoms with E-state index in [1.807, 2.05) is 59.7 Å². The number of fused-ring (bicyclic) bond motifs is 3. The summed E-state index contributed by atoms with van der Waals surface area (Å²) in [4.78, 5) is 88.0. The van der Waals surface area contributed by atoms with Crippen molar-refractivity contribution in [3.8, 4) is 57.0 Å². The number of nitrogens with zero attached hydrogens (tertiary/aromatic N) is 3. The zero-order valence-corrected chi connectivity index (χ0v) is 63.8. The molecule has 3 amide bonds. The molecule has 0 bridgehead atoms. The van der Waals surface area contributed by atoms with E-state index in [9.17, 15) is 55.1 Å². The van der Waals surface area contributed by atoms with Crippen LogP contribution in [0.5, 0.6) is 34.5 Å². The topological polar surface area (TPSA) is 312 Å². The minimum atomic E-state index is -3.72. The van der Waals surface area contributed by atoms with Crippen molar-refractivity contribution in [3.05, 3.63) is 219 Å². The number of rotatable bonds is 18. The first kappa shape index (κ1) is 81.7. The van der Waals surface area contributed by atoms with E-state index in [1.165, 1.54) is 72.8 Å². The summed E-state index contributed by atoms with van der Waals surface area (Å²) >= 11 is 6.09. The number of ether oxygens (including phenoxy) is 8. The Labute approximate surface area is 655 Å². The van der Waals surface area contributed by atoms with Crippen molar-refractivity contribution in [3.63, 3.8) is 0 Å². The lowest BCUT2D eigenvalue weighted by molar-refractivity contribution is -0.287. The molecule has 0 saturated heterocycles. The molecule has 0 radical (unpaired) electrons. The van der Waals surface area contributed by atoms with E-state index < -0.39 is 71.4 Å². The SMILES string of the molecule is CC(C)(C)OC(=O)c1ccc(B(O)O)cc1.CCc1ccc(NC(=O)C2(c3ccc4c(c3)OC(F)(F)O4)CC2)nc1-c1ccc(C(=O)O)cc1.CCc1ccc(NC(=O)C2(c3ccc4c(c3)OC(F)(F)O4)CC2)nc1-c1ccc(C(=O)OC(C)(C)C)cc1.CCc1ccc(NC(=O)C2(c3ccc4c(c3)OC(F)(F)O4)CC2)nc1Cl. The van der Waals surface area contributed by atoms with Crippen LogP contribution in [0.2, 0.25) is 5.15 Å². The van der Waals surface area contributed by atoms with E-state index in [2.05, 4.69) is 54.3 Å². The van der Waals surface area contributed by atoms with Crippen LogP contribution in [0.15, 0.2) is 164 Å². The van der Waals surface area contributed by atoms with Gasteiger partial charge in [-0.2, -0.15) is 0 Å². The van der Waals surface area contributed by atoms with E-state index in [-0.39, 0.29) is 57.8 Å². The monoisotopic (exact) mass is 1590 g/mol. The first-order valence-corrected chi connectivity index (χ1v) is 36.8. The minimum Gasteiger partial charge on any atom is -0.478 e. The highest BCUT2D eigenvalue weighted by Gasteiger charge is 2.56. The smallest absolute Gasteiger partial charge is 0.478 e. The molecular formula is C83H78BClF6N6O17. The summed E-state index contributed by atoms with van der Waals surface area (Å²) in [6.07, 6.45) is -5.48. The van der Waals surface area contributed by atoms with Crippen molar-refractivity contribution in [2.75, 3.05) is 16.0 Å². The number of aromatic carboxylic acids is 1. The number of carboxylic acids is 1. The molecule has 3 aliphatic heterocycles. The lowest BCUT2D eigenvalue weighted by Crippen LogP contribution is -2.30. The summed E-state index contributed by atoms with van der Waals surface area (Å²) in [5.74, 6) is -2.02. The molecule has 3 saturated carbocycles. The molecular weight excluding hydrogens is 1510 g/mol. The quantitative estimate of drug-likeness (QED) is 0.0201. The van der Waals surface area contributed by atoms with Gasteiger partial charge in [0, 0.05) is 11.1 Å². The Morgan fingerprint density at radius 3 is 1.01 bits per heavy atom. The van der Waals surface area contributed by atoms with Crippen LogP contribution in [0, 0.1) is 0 Å². The maximum atomic E-state index is 13.4. The van der Waals surface area contributed by atoms with Crippen LogP contribution >= 0.6 is 11.6 Å². The van der Waals surface area contributed by atoms with Gasteiger partial charge in [-0.1, -0.05) is 105 Å². The van der Waals surface area contributed by atoms with Crippen molar-refractivity contribution in [2.45, 2.75) is 166 Å². The first-order valence-electron chi connectivity index (χ1n) is 36.4. The average molecular weight is 1590 g/mol. The number of carboxylic acid groups (broad SMARTS) is 1. The number of amides is 3. The van der Waals surface area contributed by atoms with Gasteiger partial charge in [0.15, 0.2) is 34.5 Å². The maximum absolute atomic E-state index is 13.4. The molecule has 6 aliphatic rings. The number of nitrogens with one attached hydrogen (secondary N) is 3. The Balaban J connectivity index is 0.000000146. The Morgan fingerprint density at radius 2 is 0.719 bits per heavy atom. The van der Waals surface area contributed by atoms with Gasteiger partial charge in [-0.15, -0.1) is 26.3 Å². The fraction of sp³-hybridized carbons (Fsp3) is 0.313. The van der Waals surface area contributed by atoms with Crippen molar-refractivity contribution in [1.29, 1.82) is 0 Å². The maximum Gasteiger partial charge on any atom is 0.586 e. The summed E-state index contributed by atoms with van der Waals surface area (Å²) in [5.41, 5.74) is 5.14. The summed E-state index contributed by atoms with van der Waals surface area (Å²) in [5, 5.41) is 35.8. The second kappa shape index (κ2) is 31.7. The third-order valence-electron chi connectivity index (χ3n) is 19.2. The van der Waals surface area contributed by atoms with Crippen molar-refractivity contribution >= 4 is 77.3 Å². The van der Waals surface area contributed by atoms with Gasteiger partial charge in [-0.25, -0.2) is 29.3 Å². The largest absolute Gasteiger partial charge is 0.586 e. The molecule has 0 spiro atoms. The second-order valence-electron chi connectivity index (χ2n) is 29.7. The van der Waals surface area contributed by atoms with Gasteiger partial charge < -0.3 is 69.0 Å². The Kier molecular flexibility index (Phi) is 22.7. The molecule has 31 heteroatoms. The number of halogens is 7. The van der Waals surface area contributed by atoms with Crippen LogP contribution in [-0.4, -0.2) is 103 Å². The van der Waals surface area contributed by atoms with Gasteiger partial charge in [-0.3, -0.25) is 14.4 Å². The molecule has 114 heavy (non-hydrogen) atoms. The predicted octanol–water partition coefficient (Wildman–Crippen LogP) is 15.9. The number of carbonyl (C=O) groups is 6. The standard InChI is InChI=1S/C29H28F2N2O5.C25H20F2N2O5.C18H15ClF2N2O3.C11H15BO4/c1-5-17-10-13-23(32-24(17)18-6-8-19(9-7-18)25(34)38-27(2,3)4)33-26(35)28(14-15-28)20-11-12-21-22(16-20)37-29(30,31)36-21;1-2-14-7-10-20(28-21(14)15-3-5-16(6-4-15)22(30)31)29-23(32)24(11-12-24)17-8-9-18-19(13-17)34-25(26,27)33-18;1-2-10-3-6-14(22-15(10)19)23-16(24)17(7-8-17)11-4-5-12-13(9-11)26-18(20,21)25-12;1-11(2,3)16-10(13)8-4-6-9(7-5-8)12(14)15/h6-13,16H,5,14-15H2,1-4H3,(H,32,33,35);3-10,13H,2,11-12H2,1H3,(H,30,31)(H,28,29,32);3-6,9H,2,7-8H2,1H3,(H,22,23,24);4-7,14-15H,1-3H3. The molecule has 6 N–H and O–H groups in total. The Bertz CT molecular complexity index is 5210. The van der Waals surface area contributed by atoms with Crippen LogP contribution in [0.25, 0.3) is 22.5 Å². The molecule has 3 fully saturated rings. The third-order valence-corrected chi connectivity index (χ3v) is 19.5. The normalized spacial score (nSPS) is 16.3. The van der Waals surface area contributed by atoms with Gasteiger partial charge >= 0.3 is 43.9 Å². The molecule has 3 aliphatic carbocycles. The van der Waals surface area contributed by atoms with Crippen LogP contribution in [-0.2, 0) is 59.4 Å². The number of aromatic nitrogens is 3. The van der Waals surface area contributed by atoms with Crippen molar-refractivity contribution < 1.29 is 108 Å². The van der Waals surface area contributed by atoms with Crippen LogP contribution < -0.4 is 49.8 Å². The van der Waals surface area contributed by atoms with Crippen LogP contribution in [0.3, 0.4) is 0 Å². The van der Waals surface area contributed by atoms with E-state index in [0.29, 0.717) is 112 Å². The molecule has 23 nitrogen and oxygen atoms in total. The fourth-order valence-electron chi connectivity index (χ4n) is 12.7. The number of hydrogen-bond acceptors (Lipinski definition) is 19. The summed E-state index contributed by atoms with van der Waals surface area (Å²) < 4.78 is 117.